The number of rotatable bonds is 12. The number of unbranched alkanes of at least 4 members (excludes halogenated alkanes) is 3. The third kappa shape index (κ3) is 9.18. The van der Waals surface area contributed by atoms with Crippen LogP contribution in [0.15, 0.2) is 72.8 Å². The summed E-state index contributed by atoms with van der Waals surface area (Å²) in [7, 11) is 0. The normalized spacial score (nSPS) is 11.0. The Morgan fingerprint density at radius 3 is 2.22 bits per heavy atom. The fraction of sp³-hybridized carbons (Fsp3) is 0.286. The van der Waals surface area contributed by atoms with Crippen molar-refractivity contribution in [3.05, 3.63) is 83.9 Å². The summed E-state index contributed by atoms with van der Waals surface area (Å²) in [6.07, 6.45) is 0.0308. The number of benzene rings is 3. The molecule has 0 aliphatic heterocycles. The molecule has 0 spiro atoms. The number of carbonyl (C=O) groups excluding carboxylic acids is 2. The van der Waals surface area contributed by atoms with Gasteiger partial charge >= 0.3 is 6.18 Å². The van der Waals surface area contributed by atoms with Crippen molar-refractivity contribution in [2.45, 2.75) is 38.8 Å². The fourth-order valence-corrected chi connectivity index (χ4v) is 3.49. The molecule has 0 heterocycles. The third-order valence-corrected chi connectivity index (χ3v) is 5.43. The Morgan fingerprint density at radius 1 is 0.811 bits per heavy atom. The van der Waals surface area contributed by atoms with Gasteiger partial charge in [0, 0.05) is 22.6 Å². The van der Waals surface area contributed by atoms with Gasteiger partial charge < -0.3 is 20.7 Å². The van der Waals surface area contributed by atoms with Crippen LogP contribution >= 0.6 is 0 Å². The lowest BCUT2D eigenvalue weighted by atomic mass is 10.1. The molecule has 6 nitrogen and oxygen atoms in total. The third-order valence-electron chi connectivity index (χ3n) is 5.43. The molecule has 0 aliphatic carbocycles. The minimum Gasteiger partial charge on any atom is -0.494 e. The van der Waals surface area contributed by atoms with Gasteiger partial charge in [0.05, 0.1) is 18.7 Å². The van der Waals surface area contributed by atoms with E-state index in [1.165, 1.54) is 37.1 Å². The van der Waals surface area contributed by atoms with E-state index in [-0.39, 0.29) is 23.7 Å². The van der Waals surface area contributed by atoms with Crippen LogP contribution in [0.1, 0.15) is 48.5 Å². The maximum atomic E-state index is 12.9. The Bertz CT molecular complexity index is 1180. The molecular weight excluding hydrogens is 483 g/mol. The lowest BCUT2D eigenvalue weighted by molar-refractivity contribution is -0.137. The molecule has 196 valence electrons. The molecule has 3 aromatic rings. The minimum absolute atomic E-state index is 0.00210. The largest absolute Gasteiger partial charge is 0.494 e. The summed E-state index contributed by atoms with van der Waals surface area (Å²) in [6.45, 7) is 2.83. The van der Waals surface area contributed by atoms with E-state index in [1.54, 1.807) is 12.1 Å². The number of hydrogen-bond acceptors (Lipinski definition) is 4. The molecule has 0 fully saturated rings. The summed E-state index contributed by atoms with van der Waals surface area (Å²) in [5, 5.41) is 8.18. The smallest absolute Gasteiger partial charge is 0.416 e. The standard InChI is InChI=1S/C28H30F3N3O3/c1-2-3-4-5-16-37-25-14-12-22(13-15-25)32-19-26(35)33-23-10-6-8-20(17-23)27(36)34-24-11-7-9-21(18-24)28(29,30)31/h6-15,17-18,32H,2-5,16,19H2,1H3,(H,33,35)(H,34,36). The zero-order valence-electron chi connectivity index (χ0n) is 20.5. The predicted molar refractivity (Wildman–Crippen MR) is 139 cm³/mol. The van der Waals surface area contributed by atoms with Crippen LogP contribution in [0.3, 0.4) is 0 Å². The molecule has 0 unspecified atom stereocenters. The first-order valence-corrected chi connectivity index (χ1v) is 12.1. The molecular formula is C28H30F3N3O3. The van der Waals surface area contributed by atoms with Crippen molar-refractivity contribution in [1.82, 2.24) is 0 Å². The number of ether oxygens (including phenoxy) is 1. The maximum absolute atomic E-state index is 12.9. The summed E-state index contributed by atoms with van der Waals surface area (Å²) in [5.74, 6) is -0.153. The minimum atomic E-state index is -4.51. The average molecular weight is 514 g/mol. The summed E-state index contributed by atoms with van der Waals surface area (Å²) in [5.41, 5.74) is 0.487. The van der Waals surface area contributed by atoms with Gasteiger partial charge in [-0.1, -0.05) is 38.3 Å². The SMILES string of the molecule is CCCCCCOc1ccc(NCC(=O)Nc2cccc(C(=O)Nc3cccc(C(F)(F)F)c3)c2)cc1. The van der Waals surface area contributed by atoms with E-state index >= 15 is 0 Å². The number of anilines is 3. The lowest BCUT2D eigenvalue weighted by Gasteiger charge is -2.11. The molecule has 3 rings (SSSR count). The van der Waals surface area contributed by atoms with Gasteiger partial charge in [-0.3, -0.25) is 9.59 Å². The van der Waals surface area contributed by atoms with Gasteiger partial charge in [0.15, 0.2) is 0 Å². The van der Waals surface area contributed by atoms with E-state index in [2.05, 4.69) is 22.9 Å². The van der Waals surface area contributed by atoms with Gasteiger partial charge in [-0.2, -0.15) is 13.2 Å². The second kappa shape index (κ2) is 13.3. The number of amides is 2. The topological polar surface area (TPSA) is 79.5 Å². The van der Waals surface area contributed by atoms with Crippen molar-refractivity contribution in [2.75, 3.05) is 29.1 Å². The van der Waals surface area contributed by atoms with Crippen LogP contribution in [0.5, 0.6) is 5.75 Å². The summed E-state index contributed by atoms with van der Waals surface area (Å²) in [6, 6.07) is 17.9. The highest BCUT2D eigenvalue weighted by atomic mass is 19.4. The van der Waals surface area contributed by atoms with E-state index in [4.69, 9.17) is 4.74 Å². The van der Waals surface area contributed by atoms with Gasteiger partial charge in [-0.25, -0.2) is 0 Å². The molecule has 9 heteroatoms. The highest BCUT2D eigenvalue weighted by molar-refractivity contribution is 6.05. The lowest BCUT2D eigenvalue weighted by Crippen LogP contribution is -2.22. The molecule has 0 bridgehead atoms. The number of halogens is 3. The van der Waals surface area contributed by atoms with Crippen molar-refractivity contribution in [1.29, 1.82) is 0 Å². The van der Waals surface area contributed by atoms with Crippen molar-refractivity contribution < 1.29 is 27.5 Å². The van der Waals surface area contributed by atoms with Crippen LogP contribution in [0.25, 0.3) is 0 Å². The van der Waals surface area contributed by atoms with Crippen LogP contribution in [-0.2, 0) is 11.0 Å². The molecule has 0 radical (unpaired) electrons. The summed E-state index contributed by atoms with van der Waals surface area (Å²) < 4.78 is 44.4. The van der Waals surface area contributed by atoms with Crippen LogP contribution in [0.4, 0.5) is 30.2 Å². The molecule has 0 aromatic heterocycles. The number of nitrogens with one attached hydrogen (secondary N) is 3. The van der Waals surface area contributed by atoms with Gasteiger partial charge in [0.25, 0.3) is 5.91 Å². The number of hydrogen-bond donors (Lipinski definition) is 3. The fourth-order valence-electron chi connectivity index (χ4n) is 3.49. The zero-order valence-corrected chi connectivity index (χ0v) is 20.5. The molecule has 3 aromatic carbocycles. The predicted octanol–water partition coefficient (Wildman–Crippen LogP) is 6.97. The summed E-state index contributed by atoms with van der Waals surface area (Å²) >= 11 is 0. The Morgan fingerprint density at radius 2 is 1.51 bits per heavy atom. The monoisotopic (exact) mass is 513 g/mol. The Hall–Kier alpha value is -4.01. The first-order valence-electron chi connectivity index (χ1n) is 12.1. The quantitative estimate of drug-likeness (QED) is 0.229. The Labute approximate surface area is 214 Å². The number of alkyl halides is 3. The van der Waals surface area contributed by atoms with Crippen LogP contribution in [0.2, 0.25) is 0 Å². The Balaban J connectivity index is 1.48. The second-order valence-electron chi connectivity index (χ2n) is 8.45. The van der Waals surface area contributed by atoms with E-state index in [0.717, 1.165) is 36.4 Å². The first-order chi connectivity index (χ1) is 17.7. The molecule has 0 saturated carbocycles. The molecule has 37 heavy (non-hydrogen) atoms. The molecule has 2 amide bonds. The van der Waals surface area contributed by atoms with Crippen molar-refractivity contribution >= 4 is 28.9 Å². The molecule has 0 saturated heterocycles. The highest BCUT2D eigenvalue weighted by Gasteiger charge is 2.30. The van der Waals surface area contributed by atoms with Crippen LogP contribution in [-0.4, -0.2) is 25.0 Å². The maximum Gasteiger partial charge on any atom is 0.416 e. The molecule has 0 aliphatic rings. The first kappa shape index (κ1) is 27.6. The van der Waals surface area contributed by atoms with Crippen LogP contribution in [0, 0.1) is 0 Å². The van der Waals surface area contributed by atoms with Crippen molar-refractivity contribution in [2.24, 2.45) is 0 Å². The van der Waals surface area contributed by atoms with E-state index in [9.17, 15) is 22.8 Å². The highest BCUT2D eigenvalue weighted by Crippen LogP contribution is 2.30. The zero-order chi connectivity index (χ0) is 26.7. The summed E-state index contributed by atoms with van der Waals surface area (Å²) in [4.78, 5) is 24.9. The van der Waals surface area contributed by atoms with E-state index in [0.29, 0.717) is 12.3 Å². The molecule has 3 N–H and O–H groups in total. The average Bonchev–Trinajstić information content (AvgIpc) is 2.88. The van der Waals surface area contributed by atoms with Crippen molar-refractivity contribution in [3.63, 3.8) is 0 Å². The molecule has 0 atom stereocenters. The van der Waals surface area contributed by atoms with E-state index in [1.807, 2.05) is 24.3 Å². The van der Waals surface area contributed by atoms with Gasteiger partial charge in [0.2, 0.25) is 5.91 Å². The van der Waals surface area contributed by atoms with Gasteiger partial charge in [-0.15, -0.1) is 0 Å². The van der Waals surface area contributed by atoms with Gasteiger partial charge in [-0.05, 0) is 67.1 Å². The van der Waals surface area contributed by atoms with E-state index < -0.39 is 17.6 Å². The Kier molecular flexibility index (Phi) is 9.94. The van der Waals surface area contributed by atoms with Crippen LogP contribution < -0.4 is 20.7 Å². The number of carbonyl (C=O) groups is 2. The second-order valence-corrected chi connectivity index (χ2v) is 8.45. The van der Waals surface area contributed by atoms with Crippen molar-refractivity contribution in [3.8, 4) is 5.75 Å². The van der Waals surface area contributed by atoms with Gasteiger partial charge in [0.1, 0.15) is 5.75 Å².